The van der Waals surface area contributed by atoms with Crippen LogP contribution in [0.2, 0.25) is 0 Å². The van der Waals surface area contributed by atoms with Crippen LogP contribution in [0.4, 0.5) is 8.78 Å². The number of rotatable bonds is 11. The molecule has 6 rings (SSSR count). The Balaban J connectivity index is 1.43. The molecule has 1 N–H and O–H groups in total. The molecule has 2 heterocycles. The Labute approximate surface area is 283 Å². The molecule has 1 aromatic heterocycles. The lowest BCUT2D eigenvalue weighted by molar-refractivity contribution is -0.162. The fraction of sp³-hybridized carbons (Fsp3) is 0.324. The number of methoxy groups -OCH3 is 1. The number of likely N-dealkylation sites (N-methyl/N-ethyl adjacent to an activating group) is 1. The van der Waals surface area contributed by atoms with Crippen molar-refractivity contribution in [1.82, 2.24) is 15.2 Å². The van der Waals surface area contributed by atoms with E-state index in [0.29, 0.717) is 18.4 Å². The summed E-state index contributed by atoms with van der Waals surface area (Å²) in [6.45, 7) is 1.66. The Morgan fingerprint density at radius 1 is 0.959 bits per heavy atom. The third kappa shape index (κ3) is 7.28. The van der Waals surface area contributed by atoms with Crippen molar-refractivity contribution in [3.8, 4) is 40.8 Å². The fourth-order valence-corrected chi connectivity index (χ4v) is 6.09. The number of halogens is 2. The number of carbonyl (C=O) groups is 1. The van der Waals surface area contributed by atoms with Crippen LogP contribution >= 0.6 is 0 Å². The Morgan fingerprint density at radius 2 is 1.65 bits per heavy atom. The molecule has 1 saturated carbocycles. The number of esters is 1. The van der Waals surface area contributed by atoms with Crippen molar-refractivity contribution >= 4 is 5.97 Å². The minimum absolute atomic E-state index is 0.0533. The molecular formula is C37H36F2N4O6. The highest BCUT2D eigenvalue weighted by Gasteiger charge is 2.45. The van der Waals surface area contributed by atoms with Crippen molar-refractivity contribution < 1.29 is 37.3 Å². The number of benzene rings is 3. The summed E-state index contributed by atoms with van der Waals surface area (Å²) in [6.07, 6.45) is 2.17. The first-order valence-corrected chi connectivity index (χ1v) is 16.1. The van der Waals surface area contributed by atoms with E-state index in [1.807, 2.05) is 55.6 Å². The third-order valence-electron chi connectivity index (χ3n) is 8.67. The van der Waals surface area contributed by atoms with E-state index in [9.17, 15) is 10.1 Å². The Hall–Kier alpha value is -5.25. The number of hydrogen-bond acceptors (Lipinski definition) is 10. The van der Waals surface area contributed by atoms with Gasteiger partial charge in [-0.05, 0) is 56.5 Å². The predicted octanol–water partition coefficient (Wildman–Crippen LogP) is 7.18. The van der Waals surface area contributed by atoms with Crippen LogP contribution in [-0.2, 0) is 16.1 Å². The monoisotopic (exact) mass is 670 g/mol. The van der Waals surface area contributed by atoms with Gasteiger partial charge < -0.3 is 23.7 Å². The zero-order valence-corrected chi connectivity index (χ0v) is 27.2. The summed E-state index contributed by atoms with van der Waals surface area (Å²) in [7, 11) is 3.15. The quantitative estimate of drug-likeness (QED) is 0.165. The highest BCUT2D eigenvalue weighted by molar-refractivity contribution is 5.80. The van der Waals surface area contributed by atoms with Crippen LogP contribution in [0.1, 0.15) is 55.0 Å². The highest BCUT2D eigenvalue weighted by Crippen LogP contribution is 2.44. The van der Waals surface area contributed by atoms with Gasteiger partial charge in [-0.2, -0.15) is 19.0 Å². The van der Waals surface area contributed by atoms with E-state index < -0.39 is 40.7 Å². The number of nitriles is 1. The van der Waals surface area contributed by atoms with E-state index in [-0.39, 0.29) is 48.4 Å². The molecule has 1 saturated heterocycles. The summed E-state index contributed by atoms with van der Waals surface area (Å²) in [5, 5.41) is 13.0. The number of ether oxygens (including phenoxy) is 5. The van der Waals surface area contributed by atoms with Crippen LogP contribution < -0.4 is 24.3 Å². The average Bonchev–Trinajstić information content (AvgIpc) is 3.57. The molecule has 4 aromatic rings. The SMILES string of the molecule is COC(=O)C1(Oc2c(F)c(Oc3cc(C#N)ccc3OCc3ccccc3)nc(Oc3ccccc3C3NCCN3C)c2F)CCCCC1. The lowest BCUT2D eigenvalue weighted by Crippen LogP contribution is -2.47. The second-order valence-corrected chi connectivity index (χ2v) is 12.0. The maximum atomic E-state index is 16.5. The predicted molar refractivity (Wildman–Crippen MR) is 175 cm³/mol. The van der Waals surface area contributed by atoms with Gasteiger partial charge in [0.1, 0.15) is 12.4 Å². The Morgan fingerprint density at radius 3 is 2.33 bits per heavy atom. The molecule has 3 aromatic carbocycles. The molecule has 49 heavy (non-hydrogen) atoms. The van der Waals surface area contributed by atoms with E-state index in [1.165, 1.54) is 25.3 Å². The van der Waals surface area contributed by atoms with E-state index in [2.05, 4.69) is 15.2 Å². The minimum atomic E-state index is -1.64. The summed E-state index contributed by atoms with van der Waals surface area (Å²) in [6, 6.07) is 22.8. The van der Waals surface area contributed by atoms with Crippen molar-refractivity contribution in [2.45, 2.75) is 50.5 Å². The first kappa shape index (κ1) is 33.6. The lowest BCUT2D eigenvalue weighted by Gasteiger charge is -2.35. The molecule has 2 fully saturated rings. The van der Waals surface area contributed by atoms with Gasteiger partial charge >= 0.3 is 5.97 Å². The maximum absolute atomic E-state index is 16.5. The van der Waals surface area contributed by atoms with E-state index in [4.69, 9.17) is 23.7 Å². The van der Waals surface area contributed by atoms with E-state index in [0.717, 1.165) is 25.1 Å². The smallest absolute Gasteiger partial charge is 0.350 e. The average molecular weight is 671 g/mol. The molecule has 2 aliphatic rings. The van der Waals surface area contributed by atoms with Crippen molar-refractivity contribution in [2.75, 3.05) is 27.2 Å². The van der Waals surface area contributed by atoms with Crippen LogP contribution in [0.25, 0.3) is 0 Å². The molecule has 10 nitrogen and oxygen atoms in total. The second-order valence-electron chi connectivity index (χ2n) is 12.0. The van der Waals surface area contributed by atoms with Crippen LogP contribution in [0.15, 0.2) is 72.8 Å². The molecule has 1 aliphatic heterocycles. The maximum Gasteiger partial charge on any atom is 0.350 e. The molecule has 0 bridgehead atoms. The topological polar surface area (TPSA) is 115 Å². The number of carbonyl (C=O) groups excluding carboxylic acids is 1. The molecular weight excluding hydrogens is 634 g/mol. The van der Waals surface area contributed by atoms with Crippen molar-refractivity contribution in [3.63, 3.8) is 0 Å². The van der Waals surface area contributed by atoms with Crippen LogP contribution in [0, 0.1) is 23.0 Å². The number of pyridine rings is 1. The molecule has 254 valence electrons. The van der Waals surface area contributed by atoms with Crippen molar-refractivity contribution in [3.05, 3.63) is 101 Å². The zero-order chi connectivity index (χ0) is 34.4. The van der Waals surface area contributed by atoms with Gasteiger partial charge in [-0.25, -0.2) is 4.79 Å². The Kier molecular flexibility index (Phi) is 10.2. The Bertz CT molecular complexity index is 1850. The van der Waals surface area contributed by atoms with Gasteiger partial charge in [0.25, 0.3) is 11.8 Å². The van der Waals surface area contributed by atoms with E-state index >= 15 is 8.78 Å². The van der Waals surface area contributed by atoms with Crippen LogP contribution in [0.5, 0.6) is 34.8 Å². The van der Waals surface area contributed by atoms with Crippen molar-refractivity contribution in [2.24, 2.45) is 0 Å². The molecule has 1 atom stereocenters. The summed E-state index contributed by atoms with van der Waals surface area (Å²) in [4.78, 5) is 19.3. The number of hydrogen-bond donors (Lipinski definition) is 1. The molecule has 0 spiro atoms. The summed E-state index contributed by atoms with van der Waals surface area (Å²) < 4.78 is 62.1. The summed E-state index contributed by atoms with van der Waals surface area (Å²) in [5.74, 6) is -5.17. The molecule has 1 aliphatic carbocycles. The largest absolute Gasteiger partial charge is 0.485 e. The fourth-order valence-electron chi connectivity index (χ4n) is 6.09. The standard InChI is InChI=1S/C37H36F2N4O6/c1-43-20-19-41-33(43)26-13-7-8-14-27(26)47-34-30(38)32(49-37(36(44)45-2)17-9-4-10-18-37)31(39)35(42-34)48-29-21-25(22-40)15-16-28(29)46-23-24-11-5-3-6-12-24/h3,5-8,11-16,21,33,41H,4,9-10,17-20,23H2,1-2H3. The number of nitrogens with zero attached hydrogens (tertiary/aromatic N) is 3. The first-order chi connectivity index (χ1) is 23.8. The second kappa shape index (κ2) is 14.9. The summed E-state index contributed by atoms with van der Waals surface area (Å²) >= 11 is 0. The van der Waals surface area contributed by atoms with Gasteiger partial charge in [-0.3, -0.25) is 10.2 Å². The summed E-state index contributed by atoms with van der Waals surface area (Å²) in [5.41, 5.74) is 0.127. The van der Waals surface area contributed by atoms with Gasteiger partial charge in [0.15, 0.2) is 11.5 Å². The number of para-hydroxylation sites is 1. The normalized spacial score (nSPS) is 17.2. The van der Waals surface area contributed by atoms with Crippen LogP contribution in [0.3, 0.4) is 0 Å². The van der Waals surface area contributed by atoms with Gasteiger partial charge in [0.2, 0.25) is 23.0 Å². The number of nitrogens with one attached hydrogen (secondary N) is 1. The van der Waals surface area contributed by atoms with Gasteiger partial charge in [0.05, 0.1) is 24.9 Å². The third-order valence-corrected chi connectivity index (χ3v) is 8.67. The molecule has 12 heteroatoms. The highest BCUT2D eigenvalue weighted by atomic mass is 19.1. The first-order valence-electron chi connectivity index (χ1n) is 16.1. The lowest BCUT2D eigenvalue weighted by atomic mass is 9.84. The van der Waals surface area contributed by atoms with E-state index in [1.54, 1.807) is 12.1 Å². The van der Waals surface area contributed by atoms with Crippen LogP contribution in [-0.4, -0.2) is 48.7 Å². The molecule has 1 unspecified atom stereocenters. The van der Waals surface area contributed by atoms with Gasteiger partial charge in [0, 0.05) is 24.7 Å². The van der Waals surface area contributed by atoms with Crippen molar-refractivity contribution in [1.29, 1.82) is 5.26 Å². The number of aromatic nitrogens is 1. The minimum Gasteiger partial charge on any atom is -0.485 e. The molecule has 0 amide bonds. The van der Waals surface area contributed by atoms with Gasteiger partial charge in [-0.15, -0.1) is 0 Å². The molecule has 0 radical (unpaired) electrons. The van der Waals surface area contributed by atoms with Gasteiger partial charge in [-0.1, -0.05) is 55.0 Å². The zero-order valence-electron chi connectivity index (χ0n) is 27.2.